The van der Waals surface area contributed by atoms with Gasteiger partial charge in [0, 0.05) is 12.0 Å². The fraction of sp³-hybridized carbons (Fsp3) is 0.294. The summed E-state index contributed by atoms with van der Waals surface area (Å²) in [7, 11) is 0. The highest BCUT2D eigenvalue weighted by molar-refractivity contribution is 6.25. The van der Waals surface area contributed by atoms with E-state index in [1.807, 2.05) is 62.4 Å². The Bertz CT molecular complexity index is 1880. The Balaban J connectivity index is 1.20. The van der Waals surface area contributed by atoms with Crippen molar-refractivity contribution < 1.29 is 31.9 Å². The van der Waals surface area contributed by atoms with Gasteiger partial charge in [-0.05, 0) is 55.9 Å². The number of benzene rings is 3. The maximum atomic E-state index is 14.6. The standard InChI is InChI=1S/C34H28F4N6O3/c1-17-6-10-19(11-7-17)14-21-4-3-5-22-28(21)40-44(30(22)20-12-8-18(2)9-13-20)25(45)16-42-32-29(39-41-42)33(46)43(34(32)47)31-26(37)23(35)15-24(36)27(31)38/h6-15,22,29-30,32H,3-5,16H2,1-2H3/b21-14+. The highest BCUT2D eigenvalue weighted by Crippen LogP contribution is 2.45. The van der Waals surface area contributed by atoms with Gasteiger partial charge in [-0.15, -0.1) is 0 Å². The molecular formula is C34H28F4N6O3. The van der Waals surface area contributed by atoms with E-state index in [0.29, 0.717) is 0 Å². The molecule has 9 nitrogen and oxygen atoms in total. The van der Waals surface area contributed by atoms with Crippen LogP contribution in [0.2, 0.25) is 0 Å². The molecule has 3 amide bonds. The molecule has 0 spiro atoms. The number of imide groups is 1. The third-order valence-electron chi connectivity index (χ3n) is 9.06. The fourth-order valence-electron chi connectivity index (χ4n) is 6.71. The van der Waals surface area contributed by atoms with Gasteiger partial charge in [-0.1, -0.05) is 64.9 Å². The van der Waals surface area contributed by atoms with Crippen LogP contribution in [0.25, 0.3) is 6.08 Å². The highest BCUT2D eigenvalue weighted by Gasteiger charge is 2.57. The van der Waals surface area contributed by atoms with E-state index in [1.54, 1.807) is 0 Å². The van der Waals surface area contributed by atoms with Crippen molar-refractivity contribution in [3.63, 3.8) is 0 Å². The Hall–Kier alpha value is -5.20. The zero-order chi connectivity index (χ0) is 33.1. The van der Waals surface area contributed by atoms with Crippen molar-refractivity contribution in [3.8, 4) is 0 Å². The first kappa shape index (κ1) is 30.5. The predicted octanol–water partition coefficient (Wildman–Crippen LogP) is 5.98. The fourth-order valence-corrected chi connectivity index (χ4v) is 6.71. The van der Waals surface area contributed by atoms with E-state index in [2.05, 4.69) is 16.4 Å². The van der Waals surface area contributed by atoms with E-state index < -0.39 is 71.3 Å². The van der Waals surface area contributed by atoms with E-state index in [9.17, 15) is 31.9 Å². The van der Waals surface area contributed by atoms with Crippen LogP contribution in [-0.4, -0.2) is 52.1 Å². The Labute approximate surface area is 266 Å². The summed E-state index contributed by atoms with van der Waals surface area (Å²) in [6, 6.07) is 12.3. The number of hydrazone groups is 1. The number of allylic oxidation sites excluding steroid dienone is 1. The molecular weight excluding hydrogens is 616 g/mol. The lowest BCUT2D eigenvalue weighted by atomic mass is 9.77. The molecule has 1 saturated carbocycles. The van der Waals surface area contributed by atoms with Gasteiger partial charge in [0.15, 0.2) is 35.4 Å². The molecule has 4 atom stereocenters. The number of amides is 3. The Kier molecular flexibility index (Phi) is 7.48. The molecule has 1 saturated heterocycles. The van der Waals surface area contributed by atoms with Crippen molar-refractivity contribution in [2.75, 3.05) is 11.4 Å². The lowest BCUT2D eigenvalue weighted by molar-refractivity contribution is -0.136. The summed E-state index contributed by atoms with van der Waals surface area (Å²) in [5.41, 5.74) is 4.37. The Morgan fingerprint density at radius 3 is 2.19 bits per heavy atom. The molecule has 1 aliphatic carbocycles. The summed E-state index contributed by atoms with van der Waals surface area (Å²) in [6.45, 7) is 3.42. The number of aryl methyl sites for hydroxylation is 2. The molecule has 0 N–H and O–H groups in total. The minimum Gasteiger partial charge on any atom is -0.271 e. The minimum absolute atomic E-state index is 0.0221. The van der Waals surface area contributed by atoms with E-state index in [0.717, 1.165) is 57.8 Å². The molecule has 3 aliphatic heterocycles. The van der Waals surface area contributed by atoms with Crippen LogP contribution in [-0.2, 0) is 14.4 Å². The number of fused-ring (bicyclic) bond motifs is 2. The van der Waals surface area contributed by atoms with Crippen LogP contribution in [0, 0.1) is 43.0 Å². The van der Waals surface area contributed by atoms with Gasteiger partial charge in [-0.25, -0.2) is 27.5 Å². The molecule has 0 aromatic heterocycles. The van der Waals surface area contributed by atoms with Crippen molar-refractivity contribution in [2.45, 2.75) is 51.2 Å². The van der Waals surface area contributed by atoms with Gasteiger partial charge in [0.2, 0.25) is 0 Å². The molecule has 3 aromatic rings. The Morgan fingerprint density at radius 1 is 0.894 bits per heavy atom. The van der Waals surface area contributed by atoms with Crippen LogP contribution < -0.4 is 4.90 Å². The molecule has 13 heteroatoms. The molecule has 2 fully saturated rings. The van der Waals surface area contributed by atoms with Gasteiger partial charge in [0.05, 0.1) is 11.8 Å². The summed E-state index contributed by atoms with van der Waals surface area (Å²) >= 11 is 0. The van der Waals surface area contributed by atoms with E-state index >= 15 is 0 Å². The van der Waals surface area contributed by atoms with Crippen LogP contribution in [0.1, 0.15) is 47.6 Å². The number of halogens is 4. The smallest absolute Gasteiger partial charge is 0.264 e. The predicted molar refractivity (Wildman–Crippen MR) is 163 cm³/mol. The third-order valence-corrected chi connectivity index (χ3v) is 9.06. The summed E-state index contributed by atoms with van der Waals surface area (Å²) in [5, 5.41) is 14.8. The molecule has 3 heterocycles. The molecule has 4 aliphatic rings. The molecule has 0 bridgehead atoms. The molecule has 0 radical (unpaired) electrons. The molecule has 240 valence electrons. The van der Waals surface area contributed by atoms with Crippen molar-refractivity contribution in [1.82, 2.24) is 10.0 Å². The van der Waals surface area contributed by atoms with Crippen LogP contribution in [0.3, 0.4) is 0 Å². The Morgan fingerprint density at radius 2 is 1.53 bits per heavy atom. The van der Waals surface area contributed by atoms with Gasteiger partial charge in [-0.3, -0.25) is 19.4 Å². The lowest BCUT2D eigenvalue weighted by Gasteiger charge is -2.30. The first-order valence-electron chi connectivity index (χ1n) is 15.2. The van der Waals surface area contributed by atoms with E-state index in [-0.39, 0.29) is 16.9 Å². The number of carbonyl (C=O) groups excluding carboxylic acids is 3. The third kappa shape index (κ3) is 5.09. The van der Waals surface area contributed by atoms with Crippen LogP contribution >= 0.6 is 0 Å². The normalized spacial score (nSPS) is 24.3. The lowest BCUT2D eigenvalue weighted by Crippen LogP contribution is -2.45. The maximum absolute atomic E-state index is 14.6. The number of hydrogen-bond acceptors (Lipinski definition) is 7. The second kappa shape index (κ2) is 11.6. The summed E-state index contributed by atoms with van der Waals surface area (Å²) in [5.74, 6) is -10.5. The summed E-state index contributed by atoms with van der Waals surface area (Å²) < 4.78 is 57.2. The minimum atomic E-state index is -1.91. The van der Waals surface area contributed by atoms with Crippen LogP contribution in [0.4, 0.5) is 23.2 Å². The van der Waals surface area contributed by atoms with Crippen LogP contribution in [0.15, 0.2) is 75.6 Å². The topological polar surface area (TPSA) is 98.0 Å². The van der Waals surface area contributed by atoms with Gasteiger partial charge < -0.3 is 0 Å². The average molecular weight is 645 g/mol. The van der Waals surface area contributed by atoms with Gasteiger partial charge in [-0.2, -0.15) is 10.2 Å². The zero-order valence-electron chi connectivity index (χ0n) is 25.3. The highest BCUT2D eigenvalue weighted by atomic mass is 19.2. The van der Waals surface area contributed by atoms with Crippen molar-refractivity contribution in [2.24, 2.45) is 21.4 Å². The second-order valence-electron chi connectivity index (χ2n) is 12.2. The largest absolute Gasteiger partial charge is 0.271 e. The number of hydrogen-bond donors (Lipinski definition) is 0. The summed E-state index contributed by atoms with van der Waals surface area (Å²) in [4.78, 5) is 40.6. The molecule has 47 heavy (non-hydrogen) atoms. The van der Waals surface area contributed by atoms with Crippen LogP contribution in [0.5, 0.6) is 0 Å². The molecule has 7 rings (SSSR count). The summed E-state index contributed by atoms with van der Waals surface area (Å²) in [6.07, 6.45) is 4.52. The maximum Gasteiger partial charge on any atom is 0.264 e. The second-order valence-corrected chi connectivity index (χ2v) is 12.2. The van der Waals surface area contributed by atoms with Crippen molar-refractivity contribution in [1.29, 1.82) is 0 Å². The number of anilines is 1. The van der Waals surface area contributed by atoms with Gasteiger partial charge >= 0.3 is 0 Å². The average Bonchev–Trinajstić information content (AvgIpc) is 3.72. The number of nitrogens with zero attached hydrogens (tertiary/aromatic N) is 6. The van der Waals surface area contributed by atoms with Crippen molar-refractivity contribution in [3.05, 3.63) is 106 Å². The van der Waals surface area contributed by atoms with Gasteiger partial charge in [0.1, 0.15) is 12.2 Å². The van der Waals surface area contributed by atoms with Gasteiger partial charge in [0.25, 0.3) is 17.7 Å². The molecule has 4 unspecified atom stereocenters. The molecule has 3 aromatic carbocycles. The monoisotopic (exact) mass is 644 g/mol. The first-order chi connectivity index (χ1) is 22.5. The number of rotatable bonds is 5. The first-order valence-corrected chi connectivity index (χ1v) is 15.2. The quantitative estimate of drug-likeness (QED) is 0.194. The SMILES string of the molecule is Cc1ccc(/C=C2\CCCC3C2=NN(C(=O)CN2N=NC4C(=O)N(c5c(F)c(F)cc(F)c5F)C(=O)C42)C3c2ccc(C)cc2)cc1. The number of carbonyl (C=O) groups is 3. The van der Waals surface area contributed by atoms with E-state index in [4.69, 9.17) is 5.10 Å². The van der Waals surface area contributed by atoms with E-state index in [1.165, 1.54) is 5.01 Å². The van der Waals surface area contributed by atoms with Crippen molar-refractivity contribution >= 4 is 35.2 Å². The zero-order valence-corrected chi connectivity index (χ0v) is 25.3.